The third-order valence-electron chi connectivity index (χ3n) is 2.33. The van der Waals surface area contributed by atoms with Crippen molar-refractivity contribution >= 4 is 29.3 Å². The third kappa shape index (κ3) is 2.72. The van der Waals surface area contributed by atoms with E-state index in [-0.39, 0.29) is 16.4 Å². The van der Waals surface area contributed by atoms with Crippen molar-refractivity contribution < 1.29 is 19.1 Å². The first-order valence-electron chi connectivity index (χ1n) is 5.30. The molecule has 6 nitrogen and oxygen atoms in total. The van der Waals surface area contributed by atoms with E-state index < -0.39 is 23.4 Å². The highest BCUT2D eigenvalue weighted by Crippen LogP contribution is 2.21. The summed E-state index contributed by atoms with van der Waals surface area (Å²) in [6.45, 7) is 0. The molecule has 0 fully saturated rings. The first-order chi connectivity index (χ1) is 9.50. The molecule has 0 unspecified atom stereocenters. The van der Waals surface area contributed by atoms with Gasteiger partial charge in [0.15, 0.2) is 11.5 Å². The molecule has 0 aliphatic heterocycles. The Morgan fingerprint density at radius 3 is 2.65 bits per heavy atom. The van der Waals surface area contributed by atoms with Gasteiger partial charge in [0.1, 0.15) is 5.82 Å². The monoisotopic (exact) mass is 295 g/mol. The number of nitrogens with one attached hydrogen (secondary N) is 1. The van der Waals surface area contributed by atoms with Crippen molar-refractivity contribution in [1.29, 1.82) is 0 Å². The van der Waals surface area contributed by atoms with Gasteiger partial charge in [-0.1, -0.05) is 17.7 Å². The largest absolute Gasteiger partial charge is 0.476 e. The molecule has 0 spiro atoms. The molecule has 1 aromatic carbocycles. The van der Waals surface area contributed by atoms with Crippen molar-refractivity contribution in [2.24, 2.45) is 0 Å². The van der Waals surface area contributed by atoms with Gasteiger partial charge in [-0.25, -0.2) is 19.2 Å². The van der Waals surface area contributed by atoms with Crippen LogP contribution in [0, 0.1) is 5.82 Å². The van der Waals surface area contributed by atoms with Crippen LogP contribution in [0.4, 0.5) is 10.2 Å². The molecule has 0 radical (unpaired) electrons. The lowest BCUT2D eigenvalue weighted by atomic mass is 10.2. The van der Waals surface area contributed by atoms with Crippen LogP contribution in [0.15, 0.2) is 30.6 Å². The second kappa shape index (κ2) is 5.62. The molecule has 0 aliphatic carbocycles. The van der Waals surface area contributed by atoms with Crippen molar-refractivity contribution in [1.82, 2.24) is 9.97 Å². The summed E-state index contributed by atoms with van der Waals surface area (Å²) < 4.78 is 13.3. The average Bonchev–Trinajstić information content (AvgIpc) is 2.42. The van der Waals surface area contributed by atoms with Gasteiger partial charge in [-0.2, -0.15) is 0 Å². The second-order valence-electron chi connectivity index (χ2n) is 3.61. The minimum atomic E-state index is -1.35. The summed E-state index contributed by atoms with van der Waals surface area (Å²) in [5.74, 6) is -3.13. The number of aromatic nitrogens is 2. The van der Waals surface area contributed by atoms with Crippen molar-refractivity contribution in [3.63, 3.8) is 0 Å². The fourth-order valence-electron chi connectivity index (χ4n) is 1.44. The number of amides is 1. The lowest BCUT2D eigenvalue weighted by molar-refractivity contribution is 0.0691. The quantitative estimate of drug-likeness (QED) is 0.906. The Kier molecular flexibility index (Phi) is 3.90. The van der Waals surface area contributed by atoms with Gasteiger partial charge in [-0.05, 0) is 12.1 Å². The minimum absolute atomic E-state index is 0.131. The second-order valence-corrected chi connectivity index (χ2v) is 3.99. The smallest absolute Gasteiger partial charge is 0.358 e. The molecular formula is C12H7ClFN3O3. The summed E-state index contributed by atoms with van der Waals surface area (Å²) in [5, 5.41) is 10.8. The van der Waals surface area contributed by atoms with Gasteiger partial charge in [0.2, 0.25) is 0 Å². The van der Waals surface area contributed by atoms with E-state index >= 15 is 0 Å². The number of nitrogens with zero attached hydrogens (tertiary/aromatic N) is 2. The molecule has 0 bridgehead atoms. The molecule has 2 aromatic rings. The fraction of sp³-hybridized carbons (Fsp3) is 0. The zero-order chi connectivity index (χ0) is 14.7. The summed E-state index contributed by atoms with van der Waals surface area (Å²) >= 11 is 5.67. The summed E-state index contributed by atoms with van der Waals surface area (Å²) in [7, 11) is 0. The molecule has 8 heteroatoms. The topological polar surface area (TPSA) is 92.2 Å². The lowest BCUT2D eigenvalue weighted by Gasteiger charge is -2.07. The molecule has 20 heavy (non-hydrogen) atoms. The van der Waals surface area contributed by atoms with E-state index in [1.807, 2.05) is 0 Å². The molecule has 0 saturated heterocycles. The van der Waals surface area contributed by atoms with Crippen LogP contribution >= 0.6 is 11.6 Å². The Morgan fingerprint density at radius 2 is 1.95 bits per heavy atom. The van der Waals surface area contributed by atoms with E-state index in [9.17, 15) is 14.0 Å². The van der Waals surface area contributed by atoms with Gasteiger partial charge in [-0.15, -0.1) is 0 Å². The van der Waals surface area contributed by atoms with Crippen molar-refractivity contribution in [3.05, 3.63) is 52.7 Å². The van der Waals surface area contributed by atoms with Crippen LogP contribution in [0.3, 0.4) is 0 Å². The number of benzene rings is 1. The van der Waals surface area contributed by atoms with E-state index in [2.05, 4.69) is 15.3 Å². The molecule has 0 aliphatic rings. The molecule has 102 valence electrons. The van der Waals surface area contributed by atoms with Crippen LogP contribution in [0.25, 0.3) is 0 Å². The summed E-state index contributed by atoms with van der Waals surface area (Å²) in [6.07, 6.45) is 2.39. The number of carbonyl (C=O) groups excluding carboxylic acids is 1. The number of carboxylic acid groups (broad SMARTS) is 1. The highest BCUT2D eigenvalue weighted by atomic mass is 35.5. The van der Waals surface area contributed by atoms with Crippen LogP contribution in [0.2, 0.25) is 5.02 Å². The van der Waals surface area contributed by atoms with Crippen molar-refractivity contribution in [2.75, 3.05) is 5.32 Å². The molecule has 2 rings (SSSR count). The molecule has 1 heterocycles. The number of carboxylic acids is 1. The number of hydrogen-bond acceptors (Lipinski definition) is 4. The molecular weight excluding hydrogens is 289 g/mol. The summed E-state index contributed by atoms with van der Waals surface area (Å²) in [4.78, 5) is 30.1. The number of hydrogen-bond donors (Lipinski definition) is 2. The van der Waals surface area contributed by atoms with E-state index in [1.54, 1.807) is 0 Å². The molecule has 1 aromatic heterocycles. The normalized spacial score (nSPS) is 10.1. The maximum atomic E-state index is 13.3. The highest BCUT2D eigenvalue weighted by Gasteiger charge is 2.18. The van der Waals surface area contributed by atoms with Crippen LogP contribution in [-0.4, -0.2) is 27.0 Å². The Balaban J connectivity index is 2.33. The average molecular weight is 296 g/mol. The maximum absolute atomic E-state index is 13.3. The summed E-state index contributed by atoms with van der Waals surface area (Å²) in [5.41, 5.74) is -0.554. The standard InChI is InChI=1S/C12H7ClFN3O3/c13-8-6(2-1-3-7(8)14)11(18)17-10-9(12(19)20)15-4-5-16-10/h1-5H,(H,19,20)(H,16,17,18). The highest BCUT2D eigenvalue weighted by molar-refractivity contribution is 6.34. The number of rotatable bonds is 3. The van der Waals surface area contributed by atoms with Crippen LogP contribution in [-0.2, 0) is 0 Å². The number of halogens is 2. The minimum Gasteiger partial charge on any atom is -0.476 e. The first-order valence-corrected chi connectivity index (χ1v) is 5.68. The van der Waals surface area contributed by atoms with Gasteiger partial charge in [0.05, 0.1) is 10.6 Å². The SMILES string of the molecule is O=C(Nc1nccnc1C(=O)O)c1cccc(F)c1Cl. The zero-order valence-electron chi connectivity index (χ0n) is 9.80. The van der Waals surface area contributed by atoms with Crippen LogP contribution in [0.5, 0.6) is 0 Å². The number of aromatic carboxylic acids is 1. The maximum Gasteiger partial charge on any atom is 0.358 e. The number of carbonyl (C=O) groups is 2. The Labute approximate surface area is 117 Å². The predicted molar refractivity (Wildman–Crippen MR) is 68.4 cm³/mol. The van der Waals surface area contributed by atoms with Crippen molar-refractivity contribution in [3.8, 4) is 0 Å². The first kappa shape index (κ1) is 13.9. The van der Waals surface area contributed by atoms with Gasteiger partial charge in [0, 0.05) is 12.4 Å². The zero-order valence-corrected chi connectivity index (χ0v) is 10.6. The predicted octanol–water partition coefficient (Wildman–Crippen LogP) is 2.22. The van der Waals surface area contributed by atoms with Crippen LogP contribution in [0.1, 0.15) is 20.8 Å². The molecule has 1 amide bonds. The van der Waals surface area contributed by atoms with Crippen LogP contribution < -0.4 is 5.32 Å². The van der Waals surface area contributed by atoms with E-state index in [0.29, 0.717) is 0 Å². The van der Waals surface area contributed by atoms with Gasteiger partial charge in [-0.3, -0.25) is 4.79 Å². The van der Waals surface area contributed by atoms with Gasteiger partial charge < -0.3 is 10.4 Å². The fourth-order valence-corrected chi connectivity index (χ4v) is 1.65. The van der Waals surface area contributed by atoms with Crippen molar-refractivity contribution in [2.45, 2.75) is 0 Å². The van der Waals surface area contributed by atoms with E-state index in [4.69, 9.17) is 16.7 Å². The summed E-state index contributed by atoms with van der Waals surface area (Å²) in [6, 6.07) is 3.71. The lowest BCUT2D eigenvalue weighted by Crippen LogP contribution is -2.17. The number of anilines is 1. The van der Waals surface area contributed by atoms with Gasteiger partial charge in [0.25, 0.3) is 5.91 Å². The third-order valence-corrected chi connectivity index (χ3v) is 2.71. The Bertz CT molecular complexity index is 693. The Morgan fingerprint density at radius 1 is 1.25 bits per heavy atom. The van der Waals surface area contributed by atoms with E-state index in [1.165, 1.54) is 24.5 Å². The van der Waals surface area contributed by atoms with Gasteiger partial charge >= 0.3 is 5.97 Å². The molecule has 2 N–H and O–H groups in total. The van der Waals surface area contributed by atoms with E-state index in [0.717, 1.165) is 6.07 Å². The Hall–Kier alpha value is -2.54. The molecule has 0 saturated carbocycles. The molecule has 0 atom stereocenters.